The number of nitrogens with one attached hydrogen (secondary N) is 1. The molecule has 3 N–H and O–H groups in total. The fourth-order valence-electron chi connectivity index (χ4n) is 2.20. The molecule has 2 rings (SSSR count). The minimum Gasteiger partial charge on any atom is -0.368 e. The molecule has 0 bridgehead atoms. The molecule has 0 aliphatic rings. The van der Waals surface area contributed by atoms with Gasteiger partial charge in [-0.1, -0.05) is 29.8 Å². The van der Waals surface area contributed by atoms with E-state index in [1.54, 1.807) is 24.3 Å². The van der Waals surface area contributed by atoms with E-state index in [0.717, 1.165) is 12.1 Å². The number of amides is 2. The molecule has 0 radical (unpaired) electrons. The van der Waals surface area contributed by atoms with E-state index in [2.05, 4.69) is 5.32 Å². The molecule has 1 atom stereocenters. The van der Waals surface area contributed by atoms with Crippen LogP contribution in [0, 0.1) is 0 Å². The summed E-state index contributed by atoms with van der Waals surface area (Å²) in [5.41, 5.74) is 4.77. The van der Waals surface area contributed by atoms with Crippen molar-refractivity contribution in [2.75, 3.05) is 0 Å². The van der Waals surface area contributed by atoms with Crippen molar-refractivity contribution in [3.63, 3.8) is 0 Å². The van der Waals surface area contributed by atoms with Gasteiger partial charge in [-0.3, -0.25) is 9.59 Å². The number of hydrogen-bond acceptors (Lipinski definition) is 2. The zero-order valence-electron chi connectivity index (χ0n) is 12.8. The fraction of sp³-hybridized carbons (Fsp3) is 0.176. The van der Waals surface area contributed by atoms with Gasteiger partial charge in [-0.2, -0.15) is 13.2 Å². The Labute approximate surface area is 146 Å². The Kier molecular flexibility index (Phi) is 5.69. The van der Waals surface area contributed by atoms with Crippen molar-refractivity contribution in [2.45, 2.75) is 18.6 Å². The van der Waals surface area contributed by atoms with Crippen molar-refractivity contribution in [2.24, 2.45) is 5.73 Å². The molecule has 0 unspecified atom stereocenters. The highest BCUT2D eigenvalue weighted by Crippen LogP contribution is 2.29. The predicted octanol–water partition coefficient (Wildman–Crippen LogP) is 3.19. The summed E-state index contributed by atoms with van der Waals surface area (Å²) in [6.07, 6.45) is -4.50. The topological polar surface area (TPSA) is 72.2 Å². The van der Waals surface area contributed by atoms with Crippen LogP contribution in [-0.2, 0) is 17.4 Å². The zero-order chi connectivity index (χ0) is 18.6. The second-order valence-electron chi connectivity index (χ2n) is 5.34. The summed E-state index contributed by atoms with van der Waals surface area (Å²) in [5.74, 6) is -1.63. The van der Waals surface area contributed by atoms with E-state index in [-0.39, 0.29) is 12.0 Å². The molecule has 0 aromatic heterocycles. The van der Waals surface area contributed by atoms with Crippen LogP contribution in [-0.4, -0.2) is 17.9 Å². The second-order valence-corrected chi connectivity index (χ2v) is 5.78. The summed E-state index contributed by atoms with van der Waals surface area (Å²) in [6, 6.07) is 9.44. The first-order chi connectivity index (χ1) is 11.7. The number of hydrogen-bond donors (Lipinski definition) is 2. The van der Waals surface area contributed by atoms with Crippen LogP contribution in [0.5, 0.6) is 0 Å². The van der Waals surface area contributed by atoms with Gasteiger partial charge in [-0.15, -0.1) is 0 Å². The molecule has 25 heavy (non-hydrogen) atoms. The molecule has 0 fully saturated rings. The molecule has 4 nitrogen and oxygen atoms in total. The van der Waals surface area contributed by atoms with Crippen LogP contribution in [0.3, 0.4) is 0 Å². The molecule has 0 saturated carbocycles. The highest BCUT2D eigenvalue weighted by Gasteiger charge is 2.31. The lowest BCUT2D eigenvalue weighted by Crippen LogP contribution is -2.45. The van der Waals surface area contributed by atoms with Crippen LogP contribution in [0.25, 0.3) is 0 Å². The molecular weight excluding hydrogens is 357 g/mol. The van der Waals surface area contributed by atoms with E-state index in [9.17, 15) is 22.8 Å². The van der Waals surface area contributed by atoms with Gasteiger partial charge in [0.2, 0.25) is 5.91 Å². The van der Waals surface area contributed by atoms with Gasteiger partial charge in [0, 0.05) is 17.0 Å². The maximum atomic E-state index is 12.7. The lowest BCUT2D eigenvalue weighted by Gasteiger charge is -2.16. The molecule has 0 aliphatic carbocycles. The first-order valence-electron chi connectivity index (χ1n) is 7.18. The van der Waals surface area contributed by atoms with E-state index < -0.39 is 29.6 Å². The first kappa shape index (κ1) is 18.8. The lowest BCUT2D eigenvalue weighted by atomic mass is 10.0. The van der Waals surface area contributed by atoms with Crippen LogP contribution < -0.4 is 11.1 Å². The highest BCUT2D eigenvalue weighted by atomic mass is 35.5. The molecule has 2 aromatic carbocycles. The molecule has 0 aliphatic heterocycles. The third kappa shape index (κ3) is 5.22. The average Bonchev–Trinajstić information content (AvgIpc) is 2.53. The Balaban J connectivity index is 2.17. The molecule has 132 valence electrons. The number of benzene rings is 2. The minimum atomic E-state index is -4.57. The van der Waals surface area contributed by atoms with Gasteiger partial charge >= 0.3 is 6.18 Å². The summed E-state index contributed by atoms with van der Waals surface area (Å²) in [6.45, 7) is 0. The smallest absolute Gasteiger partial charge is 0.368 e. The molecule has 2 amide bonds. The normalized spacial score (nSPS) is 12.5. The van der Waals surface area contributed by atoms with E-state index in [4.69, 9.17) is 17.3 Å². The van der Waals surface area contributed by atoms with Crippen molar-refractivity contribution in [1.29, 1.82) is 0 Å². The standard InChI is InChI=1S/C17H14ClF3N2O2/c18-13-6-1-3-10(7-13)8-14(15(22)24)23-16(25)11-4-2-5-12(9-11)17(19,20)21/h1-7,9,14H,8H2,(H2,22,24)(H,23,25)/t14-/m0/s1. The predicted molar refractivity (Wildman–Crippen MR) is 87.0 cm³/mol. The number of nitrogens with two attached hydrogens (primary N) is 1. The maximum Gasteiger partial charge on any atom is 0.416 e. The van der Waals surface area contributed by atoms with Gasteiger partial charge in [-0.05, 0) is 35.9 Å². The first-order valence-corrected chi connectivity index (χ1v) is 7.56. The van der Waals surface area contributed by atoms with E-state index >= 15 is 0 Å². The highest BCUT2D eigenvalue weighted by molar-refractivity contribution is 6.30. The van der Waals surface area contributed by atoms with Crippen molar-refractivity contribution in [3.8, 4) is 0 Å². The summed E-state index contributed by atoms with van der Waals surface area (Å²) >= 11 is 5.86. The van der Waals surface area contributed by atoms with Gasteiger partial charge in [0.05, 0.1) is 5.56 Å². The molecule has 0 saturated heterocycles. The third-order valence-corrected chi connectivity index (χ3v) is 3.66. The SMILES string of the molecule is NC(=O)[C@H](Cc1cccc(Cl)c1)NC(=O)c1cccc(C(F)(F)F)c1. The minimum absolute atomic E-state index is 0.0700. The third-order valence-electron chi connectivity index (χ3n) is 3.43. The Hall–Kier alpha value is -2.54. The van der Waals surface area contributed by atoms with Gasteiger partial charge < -0.3 is 11.1 Å². The van der Waals surface area contributed by atoms with Crippen molar-refractivity contribution in [1.82, 2.24) is 5.32 Å². The maximum absolute atomic E-state index is 12.7. The fourth-order valence-corrected chi connectivity index (χ4v) is 2.41. The largest absolute Gasteiger partial charge is 0.416 e. The Bertz CT molecular complexity index is 793. The Morgan fingerprint density at radius 1 is 1.12 bits per heavy atom. The lowest BCUT2D eigenvalue weighted by molar-refractivity contribution is -0.137. The number of rotatable bonds is 5. The molecule has 8 heteroatoms. The summed E-state index contributed by atoms with van der Waals surface area (Å²) in [5, 5.41) is 2.80. The van der Waals surface area contributed by atoms with Gasteiger partial charge in [0.1, 0.15) is 6.04 Å². The van der Waals surface area contributed by atoms with E-state index in [1.165, 1.54) is 6.07 Å². The van der Waals surface area contributed by atoms with Gasteiger partial charge in [-0.25, -0.2) is 0 Å². The quantitative estimate of drug-likeness (QED) is 0.848. The molecular formula is C17H14ClF3N2O2. The summed E-state index contributed by atoms with van der Waals surface area (Å²) in [7, 11) is 0. The number of alkyl halides is 3. The van der Waals surface area contributed by atoms with Crippen LogP contribution in [0.15, 0.2) is 48.5 Å². The van der Waals surface area contributed by atoms with Crippen LogP contribution in [0.4, 0.5) is 13.2 Å². The summed E-state index contributed by atoms with van der Waals surface area (Å²) < 4.78 is 38.2. The van der Waals surface area contributed by atoms with Gasteiger partial charge in [0.15, 0.2) is 0 Å². The molecule has 0 heterocycles. The van der Waals surface area contributed by atoms with E-state index in [0.29, 0.717) is 16.7 Å². The van der Waals surface area contributed by atoms with Crippen molar-refractivity contribution >= 4 is 23.4 Å². The number of carbonyl (C=O) groups excluding carboxylic acids is 2. The van der Waals surface area contributed by atoms with Crippen LogP contribution in [0.1, 0.15) is 21.5 Å². The molecule has 2 aromatic rings. The Morgan fingerprint density at radius 2 is 1.80 bits per heavy atom. The number of carbonyl (C=O) groups is 2. The molecule has 0 spiro atoms. The second kappa shape index (κ2) is 7.57. The summed E-state index contributed by atoms with van der Waals surface area (Å²) in [4.78, 5) is 23.8. The zero-order valence-corrected chi connectivity index (χ0v) is 13.6. The number of primary amides is 1. The average molecular weight is 371 g/mol. The van der Waals surface area contributed by atoms with Crippen molar-refractivity contribution < 1.29 is 22.8 Å². The van der Waals surface area contributed by atoms with E-state index in [1.807, 2.05) is 0 Å². The Morgan fingerprint density at radius 3 is 2.40 bits per heavy atom. The number of halogens is 4. The van der Waals surface area contributed by atoms with Crippen molar-refractivity contribution in [3.05, 3.63) is 70.2 Å². The van der Waals surface area contributed by atoms with Gasteiger partial charge in [0.25, 0.3) is 5.91 Å². The monoisotopic (exact) mass is 370 g/mol. The van der Waals surface area contributed by atoms with Crippen LogP contribution >= 0.6 is 11.6 Å². The van der Waals surface area contributed by atoms with Crippen LogP contribution in [0.2, 0.25) is 5.02 Å².